The molecular weight excluding hydrogens is 234 g/mol. The van der Waals surface area contributed by atoms with Gasteiger partial charge in [0.2, 0.25) is 0 Å². The molecule has 0 bridgehead atoms. The van der Waals surface area contributed by atoms with Gasteiger partial charge in [0.25, 0.3) is 0 Å². The van der Waals surface area contributed by atoms with Crippen LogP contribution in [-0.4, -0.2) is 6.61 Å². The highest BCUT2D eigenvalue weighted by Crippen LogP contribution is 2.17. The standard InChI is InChI=1S/C17H21NO/c1-13-5-10-17(12-14(13)2)19-11-3-4-15-6-8-16(18)9-7-15/h5-10,12H,3-4,11,18H2,1-2H3. The number of anilines is 1. The molecule has 0 unspecified atom stereocenters. The van der Waals surface area contributed by atoms with E-state index in [1.165, 1.54) is 16.7 Å². The van der Waals surface area contributed by atoms with Crippen molar-refractivity contribution in [1.82, 2.24) is 0 Å². The SMILES string of the molecule is Cc1ccc(OCCCc2ccc(N)cc2)cc1C. The molecule has 2 aromatic carbocycles. The highest BCUT2D eigenvalue weighted by Gasteiger charge is 1.98. The highest BCUT2D eigenvalue weighted by molar-refractivity contribution is 5.39. The van der Waals surface area contributed by atoms with Crippen LogP contribution in [0.5, 0.6) is 5.75 Å². The molecule has 2 nitrogen and oxygen atoms in total. The maximum absolute atomic E-state index is 5.76. The lowest BCUT2D eigenvalue weighted by Gasteiger charge is -2.08. The first-order chi connectivity index (χ1) is 9.15. The average Bonchev–Trinajstić information content (AvgIpc) is 2.41. The summed E-state index contributed by atoms with van der Waals surface area (Å²) in [6.45, 7) is 4.96. The molecule has 0 heterocycles. The van der Waals surface area contributed by atoms with Crippen molar-refractivity contribution in [3.8, 4) is 5.75 Å². The van der Waals surface area contributed by atoms with Gasteiger partial charge >= 0.3 is 0 Å². The second-order valence-electron chi connectivity index (χ2n) is 4.94. The number of nitrogen functional groups attached to an aromatic ring is 1. The van der Waals surface area contributed by atoms with Gasteiger partial charge in [0.15, 0.2) is 0 Å². The predicted molar refractivity (Wildman–Crippen MR) is 80.6 cm³/mol. The van der Waals surface area contributed by atoms with Crippen LogP contribution in [0.4, 0.5) is 5.69 Å². The van der Waals surface area contributed by atoms with Crippen LogP contribution in [0, 0.1) is 13.8 Å². The molecule has 2 aromatic rings. The summed E-state index contributed by atoms with van der Waals surface area (Å²) in [4.78, 5) is 0. The van der Waals surface area contributed by atoms with Crippen molar-refractivity contribution >= 4 is 5.69 Å². The molecule has 0 spiro atoms. The van der Waals surface area contributed by atoms with Crippen LogP contribution in [0.1, 0.15) is 23.1 Å². The van der Waals surface area contributed by atoms with Gasteiger partial charge in [0.1, 0.15) is 5.75 Å². The lowest BCUT2D eigenvalue weighted by atomic mass is 10.1. The number of nitrogens with two attached hydrogens (primary N) is 1. The first kappa shape index (κ1) is 13.5. The summed E-state index contributed by atoms with van der Waals surface area (Å²) < 4.78 is 5.76. The highest BCUT2D eigenvalue weighted by atomic mass is 16.5. The molecule has 0 amide bonds. The van der Waals surface area contributed by atoms with Crippen LogP contribution in [0.2, 0.25) is 0 Å². The maximum Gasteiger partial charge on any atom is 0.119 e. The molecular formula is C17H21NO. The van der Waals surface area contributed by atoms with E-state index in [1.54, 1.807) is 0 Å². The summed E-state index contributed by atoms with van der Waals surface area (Å²) >= 11 is 0. The van der Waals surface area contributed by atoms with E-state index in [0.29, 0.717) is 0 Å². The molecule has 100 valence electrons. The number of hydrogen-bond donors (Lipinski definition) is 1. The van der Waals surface area contributed by atoms with Gasteiger partial charge in [-0.2, -0.15) is 0 Å². The Balaban J connectivity index is 1.77. The van der Waals surface area contributed by atoms with Crippen LogP contribution >= 0.6 is 0 Å². The number of aryl methyl sites for hydroxylation is 3. The van der Waals surface area contributed by atoms with Crippen LogP contribution in [-0.2, 0) is 6.42 Å². The fourth-order valence-electron chi connectivity index (χ4n) is 1.95. The van der Waals surface area contributed by atoms with E-state index in [4.69, 9.17) is 10.5 Å². The van der Waals surface area contributed by atoms with Crippen molar-refractivity contribution in [3.63, 3.8) is 0 Å². The Labute approximate surface area is 115 Å². The van der Waals surface area contributed by atoms with Crippen LogP contribution < -0.4 is 10.5 Å². The van der Waals surface area contributed by atoms with E-state index in [-0.39, 0.29) is 0 Å². The van der Waals surface area contributed by atoms with Crippen molar-refractivity contribution in [2.45, 2.75) is 26.7 Å². The van der Waals surface area contributed by atoms with Gasteiger partial charge in [-0.25, -0.2) is 0 Å². The Hall–Kier alpha value is -1.96. The largest absolute Gasteiger partial charge is 0.494 e. The molecule has 0 radical (unpaired) electrons. The minimum Gasteiger partial charge on any atom is -0.494 e. The number of hydrogen-bond acceptors (Lipinski definition) is 2. The van der Waals surface area contributed by atoms with Crippen molar-refractivity contribution in [1.29, 1.82) is 0 Å². The minimum atomic E-state index is 0.743. The van der Waals surface area contributed by atoms with E-state index in [0.717, 1.165) is 30.9 Å². The van der Waals surface area contributed by atoms with Crippen molar-refractivity contribution in [3.05, 3.63) is 59.2 Å². The van der Waals surface area contributed by atoms with E-state index >= 15 is 0 Å². The molecule has 0 aliphatic carbocycles. The molecule has 0 atom stereocenters. The van der Waals surface area contributed by atoms with Gasteiger partial charge in [-0.15, -0.1) is 0 Å². The lowest BCUT2D eigenvalue weighted by molar-refractivity contribution is 0.311. The Morgan fingerprint density at radius 1 is 0.947 bits per heavy atom. The number of benzene rings is 2. The molecule has 2 heteroatoms. The fraction of sp³-hybridized carbons (Fsp3) is 0.294. The Kier molecular flexibility index (Phi) is 4.45. The third-order valence-corrected chi connectivity index (χ3v) is 3.34. The minimum absolute atomic E-state index is 0.743. The number of rotatable bonds is 5. The van der Waals surface area contributed by atoms with Gasteiger partial charge in [0, 0.05) is 5.69 Å². The summed E-state index contributed by atoms with van der Waals surface area (Å²) in [7, 11) is 0. The molecule has 0 aromatic heterocycles. The van der Waals surface area contributed by atoms with Gasteiger partial charge in [0.05, 0.1) is 6.61 Å². The molecule has 19 heavy (non-hydrogen) atoms. The first-order valence-electron chi connectivity index (χ1n) is 6.69. The van der Waals surface area contributed by atoms with Gasteiger partial charge in [-0.3, -0.25) is 0 Å². The Bertz CT molecular complexity index is 531. The van der Waals surface area contributed by atoms with Gasteiger partial charge in [-0.05, 0) is 67.6 Å². The third kappa shape index (κ3) is 4.02. The van der Waals surface area contributed by atoms with E-state index in [1.807, 2.05) is 18.2 Å². The monoisotopic (exact) mass is 255 g/mol. The summed E-state index contributed by atoms with van der Waals surface area (Å²) in [5, 5.41) is 0. The molecule has 0 aliphatic rings. The van der Waals surface area contributed by atoms with Crippen molar-refractivity contribution in [2.75, 3.05) is 12.3 Å². The molecule has 2 N–H and O–H groups in total. The quantitative estimate of drug-likeness (QED) is 0.649. The van der Waals surface area contributed by atoms with E-state index < -0.39 is 0 Å². The van der Waals surface area contributed by atoms with E-state index in [9.17, 15) is 0 Å². The number of ether oxygens (including phenoxy) is 1. The molecule has 0 fully saturated rings. The maximum atomic E-state index is 5.76. The Morgan fingerprint density at radius 2 is 1.68 bits per heavy atom. The molecule has 0 saturated heterocycles. The first-order valence-corrected chi connectivity index (χ1v) is 6.69. The normalized spacial score (nSPS) is 10.4. The lowest BCUT2D eigenvalue weighted by Crippen LogP contribution is -2.00. The topological polar surface area (TPSA) is 35.2 Å². The summed E-state index contributed by atoms with van der Waals surface area (Å²) in [5.74, 6) is 0.959. The van der Waals surface area contributed by atoms with Crippen molar-refractivity contribution < 1.29 is 4.74 Å². The third-order valence-electron chi connectivity index (χ3n) is 3.34. The molecule has 2 rings (SSSR count). The van der Waals surface area contributed by atoms with Gasteiger partial charge in [-0.1, -0.05) is 18.2 Å². The Morgan fingerprint density at radius 3 is 2.37 bits per heavy atom. The van der Waals surface area contributed by atoms with Crippen LogP contribution in [0.25, 0.3) is 0 Å². The molecule has 0 aliphatic heterocycles. The predicted octanol–water partition coefficient (Wildman–Crippen LogP) is 3.90. The fourth-order valence-corrected chi connectivity index (χ4v) is 1.95. The zero-order chi connectivity index (χ0) is 13.7. The summed E-state index contributed by atoms with van der Waals surface area (Å²) in [6.07, 6.45) is 2.03. The second kappa shape index (κ2) is 6.28. The summed E-state index contributed by atoms with van der Waals surface area (Å²) in [5.41, 5.74) is 10.4. The zero-order valence-electron chi connectivity index (χ0n) is 11.6. The van der Waals surface area contributed by atoms with E-state index in [2.05, 4.69) is 38.1 Å². The smallest absolute Gasteiger partial charge is 0.119 e. The summed E-state index contributed by atoms with van der Waals surface area (Å²) in [6, 6.07) is 14.3. The zero-order valence-corrected chi connectivity index (χ0v) is 11.6. The van der Waals surface area contributed by atoms with Crippen LogP contribution in [0.15, 0.2) is 42.5 Å². The van der Waals surface area contributed by atoms with Gasteiger partial charge < -0.3 is 10.5 Å². The second-order valence-corrected chi connectivity index (χ2v) is 4.94. The van der Waals surface area contributed by atoms with Crippen LogP contribution in [0.3, 0.4) is 0 Å². The molecule has 0 saturated carbocycles. The van der Waals surface area contributed by atoms with Crippen molar-refractivity contribution in [2.24, 2.45) is 0 Å². The average molecular weight is 255 g/mol.